The number of alkyl halides is 3. The molecular weight excluding hydrogens is 271 g/mol. The van der Waals surface area contributed by atoms with E-state index in [0.29, 0.717) is 0 Å². The van der Waals surface area contributed by atoms with E-state index >= 15 is 0 Å². The quantitative estimate of drug-likeness (QED) is 0.556. The van der Waals surface area contributed by atoms with Crippen LogP contribution in [0, 0.1) is 5.92 Å². The fraction of sp³-hybridized carbons (Fsp3) is 0.929. The Morgan fingerprint density at radius 3 is 2.55 bits per heavy atom. The molecule has 118 valence electrons. The van der Waals surface area contributed by atoms with Gasteiger partial charge in [-0.25, -0.2) is 0 Å². The van der Waals surface area contributed by atoms with Gasteiger partial charge >= 0.3 is 12.1 Å². The lowest BCUT2D eigenvalue weighted by molar-refractivity contribution is -0.171. The molecule has 0 aromatic heterocycles. The Morgan fingerprint density at radius 1 is 1.40 bits per heavy atom. The molecular formula is C14H24F3NO2. The van der Waals surface area contributed by atoms with E-state index in [1.165, 1.54) is 7.11 Å². The summed E-state index contributed by atoms with van der Waals surface area (Å²) in [6.07, 6.45) is -0.523. The third kappa shape index (κ3) is 4.36. The number of hydrogen-bond acceptors (Lipinski definition) is 3. The maximum Gasteiger partial charge on any atom is 0.393 e. The van der Waals surface area contributed by atoms with E-state index in [4.69, 9.17) is 0 Å². The van der Waals surface area contributed by atoms with Gasteiger partial charge in [0.15, 0.2) is 0 Å². The number of hydrogen-bond donors (Lipinski definition) is 0. The van der Waals surface area contributed by atoms with Crippen molar-refractivity contribution in [3.05, 3.63) is 0 Å². The summed E-state index contributed by atoms with van der Waals surface area (Å²) in [7, 11) is 1.23. The summed E-state index contributed by atoms with van der Waals surface area (Å²) in [4.78, 5) is 13.4. The smallest absolute Gasteiger partial charge is 0.393 e. The lowest BCUT2D eigenvalue weighted by atomic mass is 10.1. The van der Waals surface area contributed by atoms with Crippen LogP contribution >= 0.6 is 0 Å². The fourth-order valence-corrected chi connectivity index (χ4v) is 2.81. The van der Waals surface area contributed by atoms with Crippen LogP contribution in [0.15, 0.2) is 0 Å². The van der Waals surface area contributed by atoms with Crippen molar-refractivity contribution in [2.45, 2.75) is 64.2 Å². The first kappa shape index (κ1) is 17.3. The first-order valence-corrected chi connectivity index (χ1v) is 7.21. The van der Waals surface area contributed by atoms with Crippen LogP contribution in [0.1, 0.15) is 46.0 Å². The van der Waals surface area contributed by atoms with Crippen LogP contribution in [0.25, 0.3) is 0 Å². The number of ether oxygens (including phenoxy) is 1. The van der Waals surface area contributed by atoms with Crippen LogP contribution in [-0.4, -0.2) is 42.8 Å². The molecule has 0 spiro atoms. The molecule has 0 amide bonds. The Hall–Kier alpha value is -0.780. The minimum absolute atomic E-state index is 0.0296. The minimum Gasteiger partial charge on any atom is -0.468 e. The van der Waals surface area contributed by atoms with Crippen molar-refractivity contribution in [2.24, 2.45) is 5.92 Å². The molecule has 0 saturated carbocycles. The molecule has 3 atom stereocenters. The number of halogens is 3. The van der Waals surface area contributed by atoms with E-state index in [0.717, 1.165) is 25.7 Å². The molecule has 1 heterocycles. The van der Waals surface area contributed by atoms with E-state index in [1.54, 1.807) is 4.90 Å². The van der Waals surface area contributed by atoms with Crippen molar-refractivity contribution >= 4 is 5.97 Å². The Morgan fingerprint density at radius 2 is 2.05 bits per heavy atom. The molecule has 3 nitrogen and oxygen atoms in total. The average molecular weight is 295 g/mol. The molecule has 6 heteroatoms. The van der Waals surface area contributed by atoms with Crippen molar-refractivity contribution < 1.29 is 22.7 Å². The van der Waals surface area contributed by atoms with Gasteiger partial charge in [0.1, 0.15) is 6.04 Å². The third-order valence-electron chi connectivity index (χ3n) is 4.07. The number of rotatable bonds is 6. The van der Waals surface area contributed by atoms with Gasteiger partial charge in [-0.05, 0) is 19.8 Å². The van der Waals surface area contributed by atoms with E-state index in [9.17, 15) is 18.0 Å². The second-order valence-corrected chi connectivity index (χ2v) is 5.55. The van der Waals surface area contributed by atoms with Gasteiger partial charge in [-0.15, -0.1) is 0 Å². The molecule has 0 aromatic rings. The largest absolute Gasteiger partial charge is 0.468 e. The summed E-state index contributed by atoms with van der Waals surface area (Å²) < 4.78 is 43.3. The summed E-state index contributed by atoms with van der Waals surface area (Å²) in [5.74, 6) is -1.99. The predicted molar refractivity (Wildman–Crippen MR) is 70.3 cm³/mol. The molecule has 1 fully saturated rings. The number of carbonyl (C=O) groups is 1. The Labute approximate surface area is 118 Å². The van der Waals surface area contributed by atoms with Gasteiger partial charge in [0.05, 0.1) is 13.0 Å². The minimum atomic E-state index is -4.25. The summed E-state index contributed by atoms with van der Waals surface area (Å²) in [6.45, 7) is 3.87. The van der Waals surface area contributed by atoms with Crippen LogP contribution in [0.4, 0.5) is 13.2 Å². The molecule has 1 rings (SSSR count). The average Bonchev–Trinajstić information content (AvgIpc) is 2.83. The van der Waals surface area contributed by atoms with Crippen LogP contribution in [-0.2, 0) is 9.53 Å². The molecule has 0 aromatic carbocycles. The summed E-state index contributed by atoms with van der Waals surface area (Å²) in [6, 6.07) is -0.791. The summed E-state index contributed by atoms with van der Waals surface area (Å²) >= 11 is 0. The summed E-state index contributed by atoms with van der Waals surface area (Å²) in [5.41, 5.74) is 0. The number of likely N-dealkylation sites (tertiary alicyclic amines) is 1. The number of methoxy groups -OCH3 is 1. The maximum atomic E-state index is 12.9. The van der Waals surface area contributed by atoms with Gasteiger partial charge in [0.25, 0.3) is 0 Å². The first-order valence-electron chi connectivity index (χ1n) is 7.21. The Bertz CT molecular complexity index is 320. The van der Waals surface area contributed by atoms with E-state index in [-0.39, 0.29) is 19.0 Å². The van der Waals surface area contributed by atoms with Crippen molar-refractivity contribution in [1.82, 2.24) is 4.90 Å². The van der Waals surface area contributed by atoms with E-state index in [1.807, 2.05) is 6.92 Å². The maximum absolute atomic E-state index is 12.9. The zero-order valence-electron chi connectivity index (χ0n) is 12.4. The predicted octanol–water partition coefficient (Wildman–Crippen LogP) is 3.38. The molecule has 1 saturated heterocycles. The van der Waals surface area contributed by atoms with Crippen molar-refractivity contribution in [1.29, 1.82) is 0 Å². The number of unbranched alkanes of at least 4 members (excludes halogenated alkanes) is 2. The molecule has 20 heavy (non-hydrogen) atoms. The fourth-order valence-electron chi connectivity index (χ4n) is 2.81. The van der Waals surface area contributed by atoms with Crippen molar-refractivity contribution in [2.75, 3.05) is 13.7 Å². The lowest BCUT2D eigenvalue weighted by Gasteiger charge is -2.29. The van der Waals surface area contributed by atoms with Crippen LogP contribution < -0.4 is 0 Å². The molecule has 0 radical (unpaired) electrons. The molecule has 0 N–H and O–H groups in total. The first-order chi connectivity index (χ1) is 9.31. The highest BCUT2D eigenvalue weighted by Crippen LogP contribution is 2.38. The van der Waals surface area contributed by atoms with E-state index < -0.39 is 24.1 Å². The Balaban J connectivity index is 2.71. The monoisotopic (exact) mass is 295 g/mol. The molecule has 0 bridgehead atoms. The second kappa shape index (κ2) is 7.29. The SMILES string of the molecule is CCCCCC(C)N1C[C@@H](C(F)(F)F)C[C@H]1C(=O)OC. The molecule has 1 unspecified atom stereocenters. The van der Waals surface area contributed by atoms with Gasteiger partial charge in [-0.2, -0.15) is 13.2 Å². The lowest BCUT2D eigenvalue weighted by Crippen LogP contribution is -2.42. The highest BCUT2D eigenvalue weighted by molar-refractivity contribution is 5.76. The molecule has 0 aliphatic carbocycles. The Kier molecular flexibility index (Phi) is 6.30. The van der Waals surface area contributed by atoms with Crippen LogP contribution in [0.5, 0.6) is 0 Å². The summed E-state index contributed by atoms with van der Waals surface area (Å²) in [5, 5.41) is 0. The zero-order chi connectivity index (χ0) is 15.3. The standard InChI is InChI=1S/C14H24F3NO2/c1-4-5-6-7-10(2)18-9-11(14(15,16)17)8-12(18)13(19)20-3/h10-12H,4-9H2,1-3H3/t10?,11-,12-/m0/s1. The third-order valence-corrected chi connectivity index (χ3v) is 4.07. The second-order valence-electron chi connectivity index (χ2n) is 5.55. The molecule has 1 aliphatic rings. The van der Waals surface area contributed by atoms with Crippen molar-refractivity contribution in [3.8, 4) is 0 Å². The number of nitrogens with zero attached hydrogens (tertiary/aromatic N) is 1. The van der Waals surface area contributed by atoms with Crippen LogP contribution in [0.2, 0.25) is 0 Å². The van der Waals surface area contributed by atoms with Crippen molar-refractivity contribution in [3.63, 3.8) is 0 Å². The van der Waals surface area contributed by atoms with E-state index in [2.05, 4.69) is 11.7 Å². The van der Waals surface area contributed by atoms with Gasteiger partial charge in [-0.3, -0.25) is 9.69 Å². The molecule has 1 aliphatic heterocycles. The van der Waals surface area contributed by atoms with Gasteiger partial charge in [0, 0.05) is 12.6 Å². The normalized spacial score (nSPS) is 25.7. The number of esters is 1. The van der Waals surface area contributed by atoms with Crippen LogP contribution in [0.3, 0.4) is 0 Å². The zero-order valence-corrected chi connectivity index (χ0v) is 12.4. The number of carbonyl (C=O) groups excluding carboxylic acids is 1. The van der Waals surface area contributed by atoms with Gasteiger partial charge < -0.3 is 4.74 Å². The van der Waals surface area contributed by atoms with Gasteiger partial charge in [0.2, 0.25) is 0 Å². The highest BCUT2D eigenvalue weighted by atomic mass is 19.4. The highest BCUT2D eigenvalue weighted by Gasteiger charge is 2.50. The topological polar surface area (TPSA) is 29.5 Å². The van der Waals surface area contributed by atoms with Gasteiger partial charge in [-0.1, -0.05) is 26.2 Å².